The smallest absolute Gasteiger partial charge is 0.208 e. The number of nitrogens with one attached hydrogen (secondary N) is 1. The molecule has 3 heterocycles. The third-order valence-electron chi connectivity index (χ3n) is 6.06. The number of para-hydroxylation sites is 2. The fourth-order valence-corrected chi connectivity index (χ4v) is 5.71. The van der Waals surface area contributed by atoms with Crippen molar-refractivity contribution in [1.82, 2.24) is 9.55 Å². The molecule has 0 spiro atoms. The number of halogens is 1. The van der Waals surface area contributed by atoms with Crippen LogP contribution in [0.25, 0.3) is 11.0 Å². The van der Waals surface area contributed by atoms with Crippen molar-refractivity contribution in [3.63, 3.8) is 0 Å². The first-order valence-electron chi connectivity index (χ1n) is 9.96. The Morgan fingerprint density at radius 3 is 2.70 bits per heavy atom. The van der Waals surface area contributed by atoms with Gasteiger partial charge in [-0.1, -0.05) is 48.0 Å². The van der Waals surface area contributed by atoms with Crippen molar-refractivity contribution in [1.29, 1.82) is 0 Å². The highest BCUT2D eigenvalue weighted by atomic mass is 35.5. The van der Waals surface area contributed by atoms with Crippen molar-refractivity contribution in [2.75, 3.05) is 5.32 Å². The summed E-state index contributed by atoms with van der Waals surface area (Å²) in [5, 5.41) is 6.27. The number of aromatic nitrogens is 2. The van der Waals surface area contributed by atoms with E-state index in [-0.39, 0.29) is 23.7 Å². The fraction of sp³-hybridized carbons (Fsp3) is 0.167. The zero-order chi connectivity index (χ0) is 20.2. The average Bonchev–Trinajstić information content (AvgIpc) is 3.40. The number of carbonyl (C=O) groups is 1. The van der Waals surface area contributed by atoms with Crippen molar-refractivity contribution in [3.05, 3.63) is 93.3 Å². The van der Waals surface area contributed by atoms with E-state index >= 15 is 0 Å². The molecule has 1 aliphatic heterocycles. The van der Waals surface area contributed by atoms with Crippen molar-refractivity contribution in [3.8, 4) is 0 Å². The van der Waals surface area contributed by atoms with Gasteiger partial charge in [0.2, 0.25) is 5.95 Å². The summed E-state index contributed by atoms with van der Waals surface area (Å²) in [7, 11) is 0. The monoisotopic (exact) mass is 431 g/mol. The van der Waals surface area contributed by atoms with E-state index in [4.69, 9.17) is 16.6 Å². The van der Waals surface area contributed by atoms with Gasteiger partial charge >= 0.3 is 0 Å². The molecular weight excluding hydrogens is 414 g/mol. The molecule has 0 bridgehead atoms. The fourth-order valence-electron chi connectivity index (χ4n) is 4.73. The van der Waals surface area contributed by atoms with E-state index in [1.54, 1.807) is 11.3 Å². The van der Waals surface area contributed by atoms with Gasteiger partial charge in [0.05, 0.1) is 23.0 Å². The van der Waals surface area contributed by atoms with E-state index in [0.717, 1.165) is 28.2 Å². The molecule has 4 nitrogen and oxygen atoms in total. The van der Waals surface area contributed by atoms with E-state index in [1.807, 2.05) is 48.5 Å². The number of benzene rings is 2. The SMILES string of the molecule is O=C1C[C@H](c2ccc(Cl)cc2)C=C2Nc3nc4ccccc4n3[C@@H](c3cccs3)[C@H]12. The summed E-state index contributed by atoms with van der Waals surface area (Å²) < 4.78 is 2.20. The first kappa shape index (κ1) is 17.9. The second kappa shape index (κ2) is 6.83. The number of imidazole rings is 1. The zero-order valence-corrected chi connectivity index (χ0v) is 17.5. The van der Waals surface area contributed by atoms with Crippen molar-refractivity contribution >= 4 is 45.7 Å². The Morgan fingerprint density at radius 1 is 1.07 bits per heavy atom. The summed E-state index contributed by atoms with van der Waals surface area (Å²) in [5.74, 6) is 0.842. The minimum absolute atomic E-state index is 0.0356. The third kappa shape index (κ3) is 2.73. The Balaban J connectivity index is 1.53. The van der Waals surface area contributed by atoms with Gasteiger partial charge in [-0.05, 0) is 41.3 Å². The van der Waals surface area contributed by atoms with Crippen LogP contribution >= 0.6 is 22.9 Å². The van der Waals surface area contributed by atoms with Gasteiger partial charge in [0.1, 0.15) is 5.78 Å². The number of fused-ring (bicyclic) bond motifs is 4. The molecule has 0 unspecified atom stereocenters. The number of hydrogen-bond acceptors (Lipinski definition) is 4. The first-order valence-corrected chi connectivity index (χ1v) is 11.2. The van der Waals surface area contributed by atoms with E-state index < -0.39 is 0 Å². The molecule has 30 heavy (non-hydrogen) atoms. The number of hydrogen-bond donors (Lipinski definition) is 1. The van der Waals surface area contributed by atoms with Gasteiger partial charge in [-0.3, -0.25) is 4.79 Å². The second-order valence-electron chi connectivity index (χ2n) is 7.81. The van der Waals surface area contributed by atoms with Crippen LogP contribution in [0.3, 0.4) is 0 Å². The molecule has 0 fully saturated rings. The molecule has 0 saturated carbocycles. The van der Waals surface area contributed by atoms with Crippen LogP contribution in [0.5, 0.6) is 0 Å². The summed E-state index contributed by atoms with van der Waals surface area (Å²) in [6.07, 6.45) is 2.69. The molecule has 0 saturated heterocycles. The van der Waals surface area contributed by atoms with Crippen molar-refractivity contribution < 1.29 is 4.79 Å². The number of ketones is 1. The molecule has 4 aromatic rings. The normalized spacial score (nSPS) is 22.9. The molecule has 2 aromatic heterocycles. The molecule has 0 radical (unpaired) electrons. The van der Waals surface area contributed by atoms with Crippen LogP contribution in [0.4, 0.5) is 5.95 Å². The topological polar surface area (TPSA) is 46.9 Å². The number of allylic oxidation sites excluding steroid dienone is 2. The van der Waals surface area contributed by atoms with E-state index in [0.29, 0.717) is 11.4 Å². The Bertz CT molecular complexity index is 1290. The first-order chi connectivity index (χ1) is 14.7. The minimum atomic E-state index is -0.239. The highest BCUT2D eigenvalue weighted by molar-refractivity contribution is 7.10. The summed E-state index contributed by atoms with van der Waals surface area (Å²) in [5.41, 5.74) is 4.03. The predicted molar refractivity (Wildman–Crippen MR) is 121 cm³/mol. The Kier molecular flexibility index (Phi) is 4.08. The van der Waals surface area contributed by atoms with Gasteiger partial charge < -0.3 is 9.88 Å². The Hall–Kier alpha value is -2.89. The van der Waals surface area contributed by atoms with Gasteiger partial charge in [0.25, 0.3) is 0 Å². The third-order valence-corrected chi connectivity index (χ3v) is 7.26. The van der Waals surface area contributed by atoms with Crippen LogP contribution in [0.2, 0.25) is 5.02 Å². The largest absolute Gasteiger partial charge is 0.329 e. The lowest BCUT2D eigenvalue weighted by molar-refractivity contribution is -0.123. The molecule has 2 aliphatic rings. The lowest BCUT2D eigenvalue weighted by Crippen LogP contribution is -2.39. The van der Waals surface area contributed by atoms with Gasteiger partial charge in [0.15, 0.2) is 0 Å². The number of thiophene rings is 1. The van der Waals surface area contributed by atoms with Crippen molar-refractivity contribution in [2.24, 2.45) is 5.92 Å². The van der Waals surface area contributed by atoms with Crippen LogP contribution in [0.1, 0.15) is 28.8 Å². The number of anilines is 1. The Labute approximate surface area is 182 Å². The zero-order valence-electron chi connectivity index (χ0n) is 16.0. The Morgan fingerprint density at radius 2 is 1.90 bits per heavy atom. The molecular formula is C24H18ClN3OS. The van der Waals surface area contributed by atoms with Gasteiger partial charge in [-0.15, -0.1) is 11.3 Å². The number of Topliss-reactive ketones (excluding diaryl/α,β-unsaturated/α-hetero) is 1. The van der Waals surface area contributed by atoms with Crippen LogP contribution in [-0.2, 0) is 4.79 Å². The molecule has 148 valence electrons. The maximum absolute atomic E-state index is 13.5. The molecule has 1 N–H and O–H groups in total. The molecule has 0 amide bonds. The number of carbonyl (C=O) groups excluding carboxylic acids is 1. The number of nitrogens with zero attached hydrogens (tertiary/aromatic N) is 2. The summed E-state index contributed by atoms with van der Waals surface area (Å²) in [6.45, 7) is 0. The van der Waals surface area contributed by atoms with E-state index in [1.165, 1.54) is 4.88 Å². The molecule has 2 aromatic carbocycles. The highest BCUT2D eigenvalue weighted by Gasteiger charge is 2.43. The summed E-state index contributed by atoms with van der Waals surface area (Å²) in [6, 6.07) is 20.0. The lowest BCUT2D eigenvalue weighted by Gasteiger charge is -2.38. The van der Waals surface area contributed by atoms with E-state index in [9.17, 15) is 4.79 Å². The lowest BCUT2D eigenvalue weighted by atomic mass is 9.77. The van der Waals surface area contributed by atoms with Crippen LogP contribution in [-0.4, -0.2) is 15.3 Å². The molecule has 3 atom stereocenters. The van der Waals surface area contributed by atoms with E-state index in [2.05, 4.69) is 33.5 Å². The number of rotatable bonds is 2. The highest BCUT2D eigenvalue weighted by Crippen LogP contribution is 2.47. The maximum Gasteiger partial charge on any atom is 0.208 e. The van der Waals surface area contributed by atoms with Gasteiger partial charge in [-0.25, -0.2) is 4.98 Å². The van der Waals surface area contributed by atoms with Gasteiger partial charge in [-0.2, -0.15) is 0 Å². The predicted octanol–water partition coefficient (Wildman–Crippen LogP) is 6.02. The summed E-state index contributed by atoms with van der Waals surface area (Å²) in [4.78, 5) is 19.5. The second-order valence-corrected chi connectivity index (χ2v) is 9.22. The average molecular weight is 432 g/mol. The van der Waals surface area contributed by atoms with Crippen molar-refractivity contribution in [2.45, 2.75) is 18.4 Å². The standard InChI is InChI=1S/C24H18ClN3OS/c25-16-9-7-14(8-10-16)15-12-18-22(20(29)13-15)23(21-6-3-11-30-21)28-19-5-2-1-4-17(19)26-24(28)27-18/h1-12,15,22-23H,13H2,(H,26,27)/t15-,22+,23+/m1/s1. The van der Waals surface area contributed by atoms with Crippen LogP contribution < -0.4 is 5.32 Å². The van der Waals surface area contributed by atoms with Crippen LogP contribution in [0, 0.1) is 5.92 Å². The minimum Gasteiger partial charge on any atom is -0.329 e. The molecule has 1 aliphatic carbocycles. The van der Waals surface area contributed by atoms with Gasteiger partial charge in [0, 0.05) is 27.9 Å². The molecule has 6 heteroatoms. The quantitative estimate of drug-likeness (QED) is 0.422. The molecule has 6 rings (SSSR count). The van der Waals surface area contributed by atoms with Crippen LogP contribution in [0.15, 0.2) is 77.8 Å². The summed E-state index contributed by atoms with van der Waals surface area (Å²) >= 11 is 7.75. The maximum atomic E-state index is 13.5.